The van der Waals surface area contributed by atoms with Crippen LogP contribution >= 0.6 is 0 Å². The van der Waals surface area contributed by atoms with Gasteiger partial charge in [0.1, 0.15) is 11.2 Å². The van der Waals surface area contributed by atoms with E-state index in [4.69, 9.17) is 14.2 Å². The van der Waals surface area contributed by atoms with Crippen molar-refractivity contribution in [1.82, 2.24) is 9.88 Å². The number of carboxylic acid groups (broad SMARTS) is 1. The highest BCUT2D eigenvalue weighted by Crippen LogP contribution is 2.36. The monoisotopic (exact) mass is 931 g/mol. The number of aromatic nitrogens is 1. The number of anilines is 3. The summed E-state index contributed by atoms with van der Waals surface area (Å²) in [6.45, 7) is 16.8. The van der Waals surface area contributed by atoms with E-state index in [1.165, 1.54) is 23.2 Å². The van der Waals surface area contributed by atoms with Crippen LogP contribution in [0.25, 0.3) is 10.8 Å². The number of nitrogens with zero attached hydrogens (tertiary/aromatic N) is 3. The number of carbonyl (C=O) groups excluding carboxylic acids is 4. The van der Waals surface area contributed by atoms with Crippen molar-refractivity contribution in [2.75, 3.05) is 29.2 Å². The summed E-state index contributed by atoms with van der Waals surface area (Å²) in [5.74, 6) is -1.54. The molecule has 0 saturated heterocycles. The molecular weight excluding hydrogens is 871 g/mol. The lowest BCUT2D eigenvalue weighted by Crippen LogP contribution is -2.44. The Morgan fingerprint density at radius 3 is 2.11 bits per heavy atom. The van der Waals surface area contributed by atoms with E-state index in [0.29, 0.717) is 51.7 Å². The fourth-order valence-corrected chi connectivity index (χ4v) is 9.22. The van der Waals surface area contributed by atoms with Gasteiger partial charge < -0.3 is 34.9 Å². The lowest BCUT2D eigenvalue weighted by atomic mass is 10.0. The number of sulfone groups is 1. The number of carboxylic acids is 1. The molecule has 16 nitrogen and oxygen atoms in total. The third-order valence-electron chi connectivity index (χ3n) is 10.0. The molecule has 1 aliphatic rings. The molecule has 1 unspecified atom stereocenters. The van der Waals surface area contributed by atoms with Crippen molar-refractivity contribution in [2.24, 2.45) is 0 Å². The lowest BCUT2D eigenvalue weighted by molar-refractivity contribution is -0.138. The number of amides is 4. The van der Waals surface area contributed by atoms with Crippen LogP contribution in [0, 0.1) is 0 Å². The van der Waals surface area contributed by atoms with Gasteiger partial charge in [0.15, 0.2) is 21.7 Å². The maximum absolute atomic E-state index is 13.4. The smallest absolute Gasteiger partial charge is 0.425 e. The predicted molar refractivity (Wildman–Crippen MR) is 252 cm³/mol. The van der Waals surface area contributed by atoms with Crippen LogP contribution in [0.2, 0.25) is 25.7 Å². The second-order valence-corrected chi connectivity index (χ2v) is 27.2. The molecule has 1 aliphatic carbocycles. The molecule has 0 aliphatic heterocycles. The number of hydrogen-bond donors (Lipinski definition) is 3. The summed E-state index contributed by atoms with van der Waals surface area (Å²) < 4.78 is 43.3. The number of pyridine rings is 1. The minimum Gasteiger partial charge on any atom is -0.479 e. The van der Waals surface area contributed by atoms with Crippen LogP contribution < -0.4 is 15.5 Å². The number of nitrogens with one attached hydrogen (secondary N) is 2. The molecule has 3 N–H and O–H groups in total. The zero-order chi connectivity index (χ0) is 48.1. The van der Waals surface area contributed by atoms with Crippen LogP contribution in [0.4, 0.5) is 31.6 Å². The summed E-state index contributed by atoms with van der Waals surface area (Å²) >= 11 is 0. The molecule has 5 rings (SSSR count). The number of benzene rings is 3. The number of carbonyl (C=O) groups is 5. The lowest BCUT2D eigenvalue weighted by Gasteiger charge is -2.28. The largest absolute Gasteiger partial charge is 0.479 e. The number of imide groups is 1. The van der Waals surface area contributed by atoms with Crippen molar-refractivity contribution in [2.45, 2.75) is 127 Å². The van der Waals surface area contributed by atoms with Gasteiger partial charge in [-0.2, -0.15) is 4.90 Å². The molecule has 0 spiro atoms. The van der Waals surface area contributed by atoms with Gasteiger partial charge in [-0.05, 0) is 131 Å². The molecule has 4 amide bonds. The van der Waals surface area contributed by atoms with Gasteiger partial charge in [0.05, 0.1) is 23.3 Å². The normalized spacial score (nSPS) is 13.6. The topological polar surface area (TPSA) is 211 Å². The minimum absolute atomic E-state index is 0.0271. The van der Waals surface area contributed by atoms with Crippen molar-refractivity contribution < 1.29 is 51.7 Å². The van der Waals surface area contributed by atoms with E-state index < -0.39 is 64.7 Å². The van der Waals surface area contributed by atoms with E-state index in [1.807, 2.05) is 0 Å². The fourth-order valence-electron chi connectivity index (χ4n) is 6.65. The molecule has 1 fully saturated rings. The summed E-state index contributed by atoms with van der Waals surface area (Å²) in [5, 5.41) is 16.7. The quantitative estimate of drug-likeness (QED) is 0.0707. The molecular formula is C47H61N5O11SSi. The Morgan fingerprint density at radius 2 is 1.51 bits per heavy atom. The average Bonchev–Trinajstić information content (AvgIpc) is 4.04. The number of aryl methyl sites for hydroxylation is 1. The Morgan fingerprint density at radius 1 is 0.862 bits per heavy atom. The fraction of sp³-hybridized carbons (Fsp3) is 0.447. The maximum Gasteiger partial charge on any atom is 0.425 e. The molecule has 4 aromatic rings. The van der Waals surface area contributed by atoms with E-state index in [1.54, 1.807) is 103 Å². The van der Waals surface area contributed by atoms with E-state index in [2.05, 4.69) is 35.3 Å². The van der Waals surface area contributed by atoms with Gasteiger partial charge in [-0.25, -0.2) is 32.6 Å². The van der Waals surface area contributed by atoms with Gasteiger partial charge in [-0.1, -0.05) is 43.9 Å². The van der Waals surface area contributed by atoms with E-state index >= 15 is 0 Å². The Kier molecular flexibility index (Phi) is 15.4. The number of hydrogen-bond acceptors (Lipinski definition) is 12. The molecule has 18 heteroatoms. The van der Waals surface area contributed by atoms with E-state index in [9.17, 15) is 37.5 Å². The van der Waals surface area contributed by atoms with Crippen LogP contribution in [0.15, 0.2) is 77.8 Å². The van der Waals surface area contributed by atoms with Crippen LogP contribution in [0.5, 0.6) is 0 Å². The summed E-state index contributed by atoms with van der Waals surface area (Å²) in [4.78, 5) is 72.1. The van der Waals surface area contributed by atoms with Gasteiger partial charge >= 0.3 is 24.2 Å². The maximum atomic E-state index is 13.4. The van der Waals surface area contributed by atoms with Crippen molar-refractivity contribution in [1.29, 1.82) is 0 Å². The second kappa shape index (κ2) is 20.0. The van der Waals surface area contributed by atoms with Crippen LogP contribution in [-0.2, 0) is 46.6 Å². The molecule has 3 aromatic carbocycles. The Labute approximate surface area is 381 Å². The van der Waals surface area contributed by atoms with Crippen molar-refractivity contribution >= 4 is 76.0 Å². The van der Waals surface area contributed by atoms with Crippen LogP contribution in [-0.4, -0.2) is 91.7 Å². The highest BCUT2D eigenvalue weighted by Gasteiger charge is 2.39. The second-order valence-electron chi connectivity index (χ2n) is 19.4. The summed E-state index contributed by atoms with van der Waals surface area (Å²) in [6.07, 6.45) is 0.316. The van der Waals surface area contributed by atoms with Crippen molar-refractivity contribution in [3.8, 4) is 0 Å². The first-order valence-corrected chi connectivity index (χ1v) is 26.7. The summed E-state index contributed by atoms with van der Waals surface area (Å²) in [7, 11) is -3.53. The standard InChI is InChI=1S/C47H61N5O11SSi/c1-46(2,3)62-44(57)52(45(58)63-47(4,5)6)41-37-19-15-35(27-31(37)22-23-48-41)50-40(42(54)55)32-13-11-12-30(26-32)14-21-39(53)49-34-16-20-38(64(59,60)36-17-18-36)33(28-34)29-51(7)43(56)61-24-25-65(8,9)10/h11-13,15-16,19-20,22-23,26-28,36,40,50H,14,17-18,21,24-25,29H2,1-10H3,(H,49,53)(H,54,55). The highest BCUT2D eigenvalue weighted by atomic mass is 32.2. The van der Waals surface area contributed by atoms with E-state index in [0.717, 1.165) is 10.9 Å². The number of rotatable bonds is 16. The van der Waals surface area contributed by atoms with E-state index in [-0.39, 0.29) is 42.6 Å². The van der Waals surface area contributed by atoms with Gasteiger partial charge in [0.2, 0.25) is 5.91 Å². The SMILES string of the molecule is CN(Cc1cc(NC(=O)CCc2cccc(C(Nc3ccc4c(N(C(=O)OC(C)(C)C)C(=O)OC(C)(C)C)nccc4c3)C(=O)O)c2)ccc1S(=O)(=O)C1CC1)C(=O)OCC[Si](C)(C)C. The Hall–Kier alpha value is -6.01. The number of ether oxygens (including phenoxy) is 3. The molecule has 1 heterocycles. The zero-order valence-electron chi connectivity index (χ0n) is 38.8. The van der Waals surface area contributed by atoms with Crippen molar-refractivity contribution in [3.05, 3.63) is 89.6 Å². The molecule has 0 radical (unpaired) electrons. The van der Waals surface area contributed by atoms with Gasteiger partial charge in [-0.15, -0.1) is 0 Å². The van der Waals surface area contributed by atoms with Gasteiger partial charge in [0.25, 0.3) is 0 Å². The predicted octanol–water partition coefficient (Wildman–Crippen LogP) is 9.56. The molecule has 1 saturated carbocycles. The summed E-state index contributed by atoms with van der Waals surface area (Å²) in [6, 6.07) is 17.6. The Bertz CT molecular complexity index is 2520. The zero-order valence-corrected chi connectivity index (χ0v) is 40.6. The average molecular weight is 932 g/mol. The number of fused-ring (bicyclic) bond motifs is 1. The van der Waals surface area contributed by atoms with Gasteiger partial charge in [-0.3, -0.25) is 4.79 Å². The van der Waals surface area contributed by atoms with Gasteiger partial charge in [0, 0.05) is 44.5 Å². The molecule has 1 atom stereocenters. The third-order valence-corrected chi connectivity index (χ3v) is 14.1. The molecule has 350 valence electrons. The minimum atomic E-state index is -3.63. The molecule has 1 aromatic heterocycles. The van der Waals surface area contributed by atoms with Crippen LogP contribution in [0.1, 0.15) is 83.5 Å². The molecule has 65 heavy (non-hydrogen) atoms. The third kappa shape index (κ3) is 14.2. The first-order chi connectivity index (χ1) is 30.2. The van der Waals surface area contributed by atoms with Crippen LogP contribution in [0.3, 0.4) is 0 Å². The highest BCUT2D eigenvalue weighted by molar-refractivity contribution is 7.92. The number of aliphatic carboxylic acids is 1. The Balaban J connectivity index is 1.29. The van der Waals surface area contributed by atoms with Crippen molar-refractivity contribution in [3.63, 3.8) is 0 Å². The first kappa shape index (κ1) is 50.0. The molecule has 0 bridgehead atoms. The first-order valence-electron chi connectivity index (χ1n) is 21.5. The summed E-state index contributed by atoms with van der Waals surface area (Å²) in [5.41, 5.74) is 0.419.